The van der Waals surface area contributed by atoms with Crippen LogP contribution < -0.4 is 5.90 Å². The molecule has 0 aliphatic carbocycles. The van der Waals surface area contributed by atoms with Gasteiger partial charge in [0.2, 0.25) is 0 Å². The number of nitrogens with two attached hydrogens (primary N) is 1. The zero-order chi connectivity index (χ0) is 9.84. The average molecular weight is 298 g/mol. The Bertz CT molecular complexity index is 289. The number of hydrogen-bond acceptors (Lipinski definition) is 9. The van der Waals surface area contributed by atoms with E-state index < -0.39 is 12.3 Å². The van der Waals surface area contributed by atoms with Gasteiger partial charge in [-0.15, -0.1) is 9.81 Å². The molecule has 10 heteroatoms. The Morgan fingerprint density at radius 3 is 2.69 bits per heavy atom. The quantitative estimate of drug-likeness (QED) is 0.317. The molecule has 1 aliphatic rings. The number of guanidine groups is 2. The van der Waals surface area contributed by atoms with E-state index in [1.165, 1.54) is 0 Å². The van der Waals surface area contributed by atoms with E-state index in [4.69, 9.17) is 5.90 Å². The summed E-state index contributed by atoms with van der Waals surface area (Å²) in [5, 5.41) is 4.95. The lowest BCUT2D eigenvalue weighted by molar-refractivity contribution is 0.0191. The largest absolute Gasteiger partial charge is 0.294 e. The van der Waals surface area contributed by atoms with Crippen molar-refractivity contribution < 1.29 is 4.84 Å². The van der Waals surface area contributed by atoms with Gasteiger partial charge >= 0.3 is 0 Å². The lowest BCUT2D eigenvalue weighted by atomic mass is 10.7. The molecule has 13 heavy (non-hydrogen) atoms. The third-order valence-electron chi connectivity index (χ3n) is 1.10. The van der Waals surface area contributed by atoms with Crippen LogP contribution in [-0.2, 0) is 4.84 Å². The maximum Gasteiger partial charge on any atom is 0.294 e. The molecule has 0 saturated heterocycles. The van der Waals surface area contributed by atoms with E-state index in [0.717, 1.165) is 3.11 Å². The van der Waals surface area contributed by atoms with E-state index >= 15 is 0 Å². The molecular weight excluding hydrogens is 295 g/mol. The van der Waals surface area contributed by atoms with E-state index in [-0.39, 0.29) is 5.96 Å². The third kappa shape index (κ3) is 2.02. The minimum atomic E-state index is -1.02. The summed E-state index contributed by atoms with van der Waals surface area (Å²) >= 11 is 1.66. The lowest BCUT2D eigenvalue weighted by Crippen LogP contribution is -2.37. The van der Waals surface area contributed by atoms with Gasteiger partial charge in [-0.2, -0.15) is 9.98 Å². The number of rotatable bonds is 1. The van der Waals surface area contributed by atoms with Gasteiger partial charge in [0.05, 0.1) is 22.9 Å². The summed E-state index contributed by atoms with van der Waals surface area (Å²) in [5.74, 6) is 4.12. The fraction of sp³-hybridized carbons (Fsp3) is 0.333. The molecule has 0 fully saturated rings. The fourth-order valence-electron chi connectivity index (χ4n) is 0.602. The summed E-state index contributed by atoms with van der Waals surface area (Å²) in [4.78, 5) is 31.4. The van der Waals surface area contributed by atoms with Crippen molar-refractivity contribution >= 4 is 34.8 Å². The predicted molar refractivity (Wildman–Crippen MR) is 51.4 cm³/mol. The summed E-state index contributed by atoms with van der Waals surface area (Å²) in [6, 6.07) is 0. The van der Waals surface area contributed by atoms with E-state index in [9.17, 15) is 9.81 Å². The standard InChI is InChI=1S/C3H3IN6O3/c4-10-2(9-12)6-1(8-11)7-3(10)13-5/h3H,5H2. The minimum absolute atomic E-state index is 0.277. The number of halogens is 1. The first-order valence-corrected chi connectivity index (χ1v) is 3.83. The van der Waals surface area contributed by atoms with Gasteiger partial charge in [0.1, 0.15) is 0 Å². The lowest BCUT2D eigenvalue weighted by Gasteiger charge is -2.21. The molecular formula is C3H3IN6O3. The highest BCUT2D eigenvalue weighted by atomic mass is 127. The first-order valence-electron chi connectivity index (χ1n) is 2.86. The van der Waals surface area contributed by atoms with Crippen LogP contribution in [0.2, 0.25) is 0 Å². The maximum atomic E-state index is 10.2. The molecule has 0 aromatic carbocycles. The van der Waals surface area contributed by atoms with Crippen molar-refractivity contribution in [3.63, 3.8) is 0 Å². The maximum absolute atomic E-state index is 10.2. The van der Waals surface area contributed by atoms with Gasteiger partial charge in [0.15, 0.2) is 0 Å². The number of nitroso groups, excluding NO2 is 2. The smallest absolute Gasteiger partial charge is 0.255 e. The second kappa shape index (κ2) is 4.29. The van der Waals surface area contributed by atoms with Gasteiger partial charge in [0, 0.05) is 10.4 Å². The van der Waals surface area contributed by atoms with E-state index in [2.05, 4.69) is 25.2 Å². The second-order valence-corrected chi connectivity index (χ2v) is 2.84. The summed E-state index contributed by atoms with van der Waals surface area (Å²) < 4.78 is 1.12. The van der Waals surface area contributed by atoms with Crippen molar-refractivity contribution in [2.75, 3.05) is 0 Å². The molecule has 0 amide bonds. The van der Waals surface area contributed by atoms with Crippen LogP contribution in [0.5, 0.6) is 0 Å². The minimum Gasteiger partial charge on any atom is -0.255 e. The highest BCUT2D eigenvalue weighted by Gasteiger charge is 2.26. The third-order valence-corrected chi connectivity index (χ3v) is 2.00. The molecule has 1 unspecified atom stereocenters. The van der Waals surface area contributed by atoms with Crippen molar-refractivity contribution in [2.24, 2.45) is 26.2 Å². The van der Waals surface area contributed by atoms with Crippen molar-refractivity contribution in [1.82, 2.24) is 3.11 Å². The van der Waals surface area contributed by atoms with Gasteiger partial charge in [-0.25, -0.2) is 9.01 Å². The first-order chi connectivity index (χ1) is 6.22. The Morgan fingerprint density at radius 2 is 2.23 bits per heavy atom. The number of hydrogen-bond donors (Lipinski definition) is 1. The van der Waals surface area contributed by atoms with Crippen LogP contribution in [0.3, 0.4) is 0 Å². The Hall–Kier alpha value is -1.01. The van der Waals surface area contributed by atoms with E-state index in [1.54, 1.807) is 22.9 Å². The van der Waals surface area contributed by atoms with Gasteiger partial charge in [-0.05, 0) is 0 Å². The Morgan fingerprint density at radius 1 is 1.54 bits per heavy atom. The van der Waals surface area contributed by atoms with Crippen LogP contribution in [0.1, 0.15) is 0 Å². The van der Waals surface area contributed by atoms with Crippen LogP contribution in [0.25, 0.3) is 0 Å². The molecule has 0 aromatic heterocycles. The Kier molecular flexibility index (Phi) is 3.32. The normalized spacial score (nSPS) is 22.0. The molecule has 0 saturated carbocycles. The van der Waals surface area contributed by atoms with Crippen molar-refractivity contribution in [2.45, 2.75) is 6.35 Å². The zero-order valence-corrected chi connectivity index (χ0v) is 8.15. The molecule has 1 rings (SSSR count). The molecule has 1 atom stereocenters. The summed E-state index contributed by atoms with van der Waals surface area (Å²) in [7, 11) is 0. The molecule has 0 bridgehead atoms. The SMILES string of the molecule is NOC1N=C(N=O)N=C(N=O)N1I. The monoisotopic (exact) mass is 298 g/mol. The fourth-order valence-corrected chi connectivity index (χ4v) is 1.05. The van der Waals surface area contributed by atoms with Crippen LogP contribution in [-0.4, -0.2) is 21.4 Å². The van der Waals surface area contributed by atoms with E-state index in [0.29, 0.717) is 0 Å². The first kappa shape index (κ1) is 10.1. The molecule has 9 nitrogen and oxygen atoms in total. The summed E-state index contributed by atoms with van der Waals surface area (Å²) in [5.41, 5.74) is 0. The van der Waals surface area contributed by atoms with Crippen molar-refractivity contribution in [3.8, 4) is 0 Å². The molecule has 1 aliphatic heterocycles. The molecule has 70 valence electrons. The van der Waals surface area contributed by atoms with Gasteiger partial charge in [-0.1, -0.05) is 0 Å². The summed E-state index contributed by atoms with van der Waals surface area (Å²) in [6.45, 7) is 0. The molecule has 0 aromatic rings. The number of nitrogens with zero attached hydrogens (tertiary/aromatic N) is 5. The Balaban J connectivity index is 2.98. The van der Waals surface area contributed by atoms with E-state index in [1.807, 2.05) is 0 Å². The van der Waals surface area contributed by atoms with Crippen molar-refractivity contribution in [3.05, 3.63) is 9.81 Å². The van der Waals surface area contributed by atoms with Gasteiger partial charge in [0.25, 0.3) is 18.3 Å². The topological polar surface area (TPSA) is 122 Å². The van der Waals surface area contributed by atoms with Crippen LogP contribution >= 0.6 is 22.9 Å². The van der Waals surface area contributed by atoms with Crippen LogP contribution in [0.4, 0.5) is 0 Å². The Labute approximate surface area is 85.4 Å². The number of aliphatic imine (C=N–C) groups is 2. The highest BCUT2D eigenvalue weighted by Crippen LogP contribution is 2.15. The van der Waals surface area contributed by atoms with Gasteiger partial charge in [-0.3, -0.25) is 4.84 Å². The molecule has 2 N–H and O–H groups in total. The average Bonchev–Trinajstić information content (AvgIpc) is 2.18. The van der Waals surface area contributed by atoms with Gasteiger partial charge < -0.3 is 0 Å². The molecule has 0 radical (unpaired) electrons. The predicted octanol–water partition coefficient (Wildman–Crippen LogP) is 0.0707. The highest BCUT2D eigenvalue weighted by molar-refractivity contribution is 14.1. The molecule has 0 spiro atoms. The van der Waals surface area contributed by atoms with Crippen LogP contribution in [0.15, 0.2) is 20.3 Å². The zero-order valence-electron chi connectivity index (χ0n) is 5.99. The summed E-state index contributed by atoms with van der Waals surface area (Å²) in [6.07, 6.45) is -1.02. The van der Waals surface area contributed by atoms with Crippen molar-refractivity contribution in [1.29, 1.82) is 0 Å². The molecule has 1 heterocycles. The van der Waals surface area contributed by atoms with Crippen LogP contribution in [0, 0.1) is 9.81 Å². The second-order valence-electron chi connectivity index (χ2n) is 1.80.